The van der Waals surface area contributed by atoms with Crippen LogP contribution in [0.25, 0.3) is 0 Å². The maximum Gasteiger partial charge on any atom is 0.321 e. The van der Waals surface area contributed by atoms with E-state index in [2.05, 4.69) is 5.32 Å². The first kappa shape index (κ1) is 12.4. The van der Waals surface area contributed by atoms with E-state index >= 15 is 0 Å². The Balaban J connectivity index is 1.96. The van der Waals surface area contributed by atoms with Crippen molar-refractivity contribution in [2.45, 2.75) is 0 Å². The molecule has 6 heteroatoms. The van der Waals surface area contributed by atoms with Crippen molar-refractivity contribution in [3.05, 3.63) is 29.8 Å². The molecule has 2 amide bonds. The fourth-order valence-electron chi connectivity index (χ4n) is 1.70. The number of morpholine rings is 1. The number of benzene rings is 1. The van der Waals surface area contributed by atoms with Crippen molar-refractivity contribution in [2.24, 2.45) is 5.73 Å². The summed E-state index contributed by atoms with van der Waals surface area (Å²) < 4.78 is 5.18. The first-order valence-corrected chi connectivity index (χ1v) is 5.75. The Kier molecular flexibility index (Phi) is 3.78. The topological polar surface area (TPSA) is 91.4 Å². The molecule has 0 atom stereocenters. The number of hydrogen-bond acceptors (Lipinski definition) is 3. The van der Waals surface area contributed by atoms with Gasteiger partial charge < -0.3 is 20.7 Å². The number of nitrogen functional groups attached to an aromatic ring is 1. The van der Waals surface area contributed by atoms with Gasteiger partial charge in [-0.05, 0) is 24.3 Å². The zero-order valence-corrected chi connectivity index (χ0v) is 9.98. The second-order valence-electron chi connectivity index (χ2n) is 4.02. The Morgan fingerprint density at radius 1 is 1.28 bits per heavy atom. The number of nitrogens with two attached hydrogens (primary N) is 1. The van der Waals surface area contributed by atoms with Crippen LogP contribution >= 0.6 is 0 Å². The predicted octanol–water partition coefficient (Wildman–Crippen LogP) is 0.835. The molecule has 0 spiro atoms. The molecule has 1 heterocycles. The van der Waals surface area contributed by atoms with Crippen molar-refractivity contribution >= 4 is 17.6 Å². The molecule has 1 aliphatic rings. The quantitative estimate of drug-likeness (QED) is 0.535. The summed E-state index contributed by atoms with van der Waals surface area (Å²) in [7, 11) is 0. The van der Waals surface area contributed by atoms with Gasteiger partial charge in [-0.1, -0.05) is 0 Å². The lowest BCUT2D eigenvalue weighted by molar-refractivity contribution is 0.0564. The lowest BCUT2D eigenvalue weighted by atomic mass is 10.2. The number of amidine groups is 1. The number of nitrogens with one attached hydrogen (secondary N) is 2. The Labute approximate surface area is 105 Å². The van der Waals surface area contributed by atoms with E-state index in [1.165, 1.54) is 0 Å². The first-order valence-electron chi connectivity index (χ1n) is 5.75. The fourth-order valence-corrected chi connectivity index (χ4v) is 1.70. The molecule has 0 aromatic heterocycles. The summed E-state index contributed by atoms with van der Waals surface area (Å²) in [6.45, 7) is 2.38. The molecule has 0 aliphatic carbocycles. The Morgan fingerprint density at radius 3 is 2.44 bits per heavy atom. The summed E-state index contributed by atoms with van der Waals surface area (Å²) in [6.07, 6.45) is 0. The van der Waals surface area contributed by atoms with Crippen LogP contribution in [-0.2, 0) is 4.74 Å². The van der Waals surface area contributed by atoms with Crippen LogP contribution in [0, 0.1) is 5.41 Å². The Bertz CT molecular complexity index is 438. The van der Waals surface area contributed by atoms with Crippen molar-refractivity contribution in [3.63, 3.8) is 0 Å². The Hall–Kier alpha value is -2.08. The van der Waals surface area contributed by atoms with E-state index in [4.69, 9.17) is 15.9 Å². The van der Waals surface area contributed by atoms with Gasteiger partial charge in [-0.2, -0.15) is 0 Å². The number of hydrogen-bond donors (Lipinski definition) is 3. The van der Waals surface area contributed by atoms with Crippen LogP contribution in [0.5, 0.6) is 0 Å². The summed E-state index contributed by atoms with van der Waals surface area (Å²) in [5.41, 5.74) is 6.69. The van der Waals surface area contributed by atoms with Gasteiger partial charge in [0.15, 0.2) is 0 Å². The second kappa shape index (κ2) is 5.50. The smallest absolute Gasteiger partial charge is 0.321 e. The average Bonchev–Trinajstić information content (AvgIpc) is 2.40. The van der Waals surface area contributed by atoms with Crippen molar-refractivity contribution in [1.82, 2.24) is 4.90 Å². The standard InChI is InChI=1S/C12H16N4O2/c13-11(14)9-1-3-10(4-2-9)15-12(17)16-5-7-18-8-6-16/h1-4H,5-8H2,(H3,13,14)(H,15,17). The molecule has 1 aromatic rings. The van der Waals surface area contributed by atoms with Gasteiger partial charge in [0.2, 0.25) is 0 Å². The Morgan fingerprint density at radius 2 is 1.89 bits per heavy atom. The van der Waals surface area contributed by atoms with Crippen LogP contribution in [0.2, 0.25) is 0 Å². The number of rotatable bonds is 2. The van der Waals surface area contributed by atoms with Gasteiger partial charge in [0.1, 0.15) is 5.84 Å². The highest BCUT2D eigenvalue weighted by atomic mass is 16.5. The van der Waals surface area contributed by atoms with E-state index in [9.17, 15) is 4.79 Å². The van der Waals surface area contributed by atoms with Crippen LogP contribution in [0.4, 0.5) is 10.5 Å². The van der Waals surface area contributed by atoms with Crippen molar-refractivity contribution in [1.29, 1.82) is 5.41 Å². The van der Waals surface area contributed by atoms with Gasteiger partial charge in [0, 0.05) is 24.3 Å². The third-order valence-corrected chi connectivity index (χ3v) is 2.75. The molecule has 18 heavy (non-hydrogen) atoms. The minimum atomic E-state index is -0.131. The molecule has 0 bridgehead atoms. The molecule has 0 unspecified atom stereocenters. The minimum absolute atomic E-state index is 0.0149. The normalized spacial score (nSPS) is 15.2. The molecule has 96 valence electrons. The van der Waals surface area contributed by atoms with Crippen LogP contribution in [0.1, 0.15) is 5.56 Å². The van der Waals surface area contributed by atoms with E-state index in [0.717, 1.165) is 0 Å². The summed E-state index contributed by atoms with van der Waals surface area (Å²) in [4.78, 5) is 13.6. The largest absolute Gasteiger partial charge is 0.384 e. The molecule has 6 nitrogen and oxygen atoms in total. The molecule has 0 saturated carbocycles. The van der Waals surface area contributed by atoms with Gasteiger partial charge in [-0.15, -0.1) is 0 Å². The van der Waals surface area contributed by atoms with Crippen molar-refractivity contribution in [3.8, 4) is 0 Å². The van der Waals surface area contributed by atoms with Crippen molar-refractivity contribution in [2.75, 3.05) is 31.6 Å². The molecule has 1 saturated heterocycles. The number of anilines is 1. The molecule has 4 N–H and O–H groups in total. The maximum absolute atomic E-state index is 11.9. The predicted molar refractivity (Wildman–Crippen MR) is 68.9 cm³/mol. The lowest BCUT2D eigenvalue weighted by Gasteiger charge is -2.26. The highest BCUT2D eigenvalue weighted by Gasteiger charge is 2.16. The zero-order valence-electron chi connectivity index (χ0n) is 9.98. The summed E-state index contributed by atoms with van der Waals surface area (Å²) in [5, 5.41) is 10.1. The van der Waals surface area contributed by atoms with E-state index in [1.807, 2.05) is 0 Å². The number of ether oxygens (including phenoxy) is 1. The van der Waals surface area contributed by atoms with E-state index in [0.29, 0.717) is 37.6 Å². The average molecular weight is 248 g/mol. The first-order chi connectivity index (χ1) is 8.66. The second-order valence-corrected chi connectivity index (χ2v) is 4.02. The third-order valence-electron chi connectivity index (χ3n) is 2.75. The maximum atomic E-state index is 11.9. The summed E-state index contributed by atoms with van der Waals surface area (Å²) >= 11 is 0. The minimum Gasteiger partial charge on any atom is -0.384 e. The van der Waals surface area contributed by atoms with Crippen LogP contribution in [0.15, 0.2) is 24.3 Å². The third kappa shape index (κ3) is 2.98. The zero-order chi connectivity index (χ0) is 13.0. The summed E-state index contributed by atoms with van der Waals surface area (Å²) in [5.74, 6) is 0.0149. The van der Waals surface area contributed by atoms with Crippen LogP contribution < -0.4 is 11.1 Å². The van der Waals surface area contributed by atoms with Crippen LogP contribution in [0.3, 0.4) is 0 Å². The molecular weight excluding hydrogens is 232 g/mol. The number of nitrogens with zero attached hydrogens (tertiary/aromatic N) is 1. The number of urea groups is 1. The fraction of sp³-hybridized carbons (Fsp3) is 0.333. The monoisotopic (exact) mass is 248 g/mol. The van der Waals surface area contributed by atoms with Gasteiger partial charge in [0.25, 0.3) is 0 Å². The molecular formula is C12H16N4O2. The van der Waals surface area contributed by atoms with E-state index in [-0.39, 0.29) is 11.9 Å². The number of carbonyl (C=O) groups excluding carboxylic acids is 1. The molecule has 1 fully saturated rings. The molecule has 2 rings (SSSR count). The van der Waals surface area contributed by atoms with Gasteiger partial charge in [0.05, 0.1) is 13.2 Å². The van der Waals surface area contributed by atoms with Crippen LogP contribution in [-0.4, -0.2) is 43.1 Å². The van der Waals surface area contributed by atoms with Gasteiger partial charge in [-0.25, -0.2) is 4.79 Å². The SMILES string of the molecule is N=C(N)c1ccc(NC(=O)N2CCOCC2)cc1. The van der Waals surface area contributed by atoms with Gasteiger partial charge in [-0.3, -0.25) is 5.41 Å². The number of amides is 2. The highest BCUT2D eigenvalue weighted by molar-refractivity contribution is 5.96. The highest BCUT2D eigenvalue weighted by Crippen LogP contribution is 2.10. The van der Waals surface area contributed by atoms with Gasteiger partial charge >= 0.3 is 6.03 Å². The van der Waals surface area contributed by atoms with E-state index < -0.39 is 0 Å². The summed E-state index contributed by atoms with van der Waals surface area (Å²) in [6, 6.07) is 6.74. The van der Waals surface area contributed by atoms with Crippen molar-refractivity contribution < 1.29 is 9.53 Å². The molecule has 1 aliphatic heterocycles. The van der Waals surface area contributed by atoms with E-state index in [1.54, 1.807) is 29.2 Å². The lowest BCUT2D eigenvalue weighted by Crippen LogP contribution is -2.43. The molecule has 0 radical (unpaired) electrons. The number of carbonyl (C=O) groups is 1. The molecule has 1 aromatic carbocycles.